The van der Waals surface area contributed by atoms with Crippen LogP contribution < -0.4 is 0 Å². The first-order valence-electron chi connectivity index (χ1n) is 6.35. The number of nitrogens with zero attached hydrogens (tertiary/aromatic N) is 1. The molecule has 1 amide bonds. The predicted molar refractivity (Wildman–Crippen MR) is 80.1 cm³/mol. The van der Waals surface area contributed by atoms with Gasteiger partial charge in [0.1, 0.15) is 0 Å². The summed E-state index contributed by atoms with van der Waals surface area (Å²) >= 11 is 3.81. The molecular weight excluding hydrogens is 262 g/mol. The average molecular weight is 281 g/mol. The van der Waals surface area contributed by atoms with Crippen LogP contribution in [-0.2, 0) is 4.79 Å². The van der Waals surface area contributed by atoms with Crippen molar-refractivity contribution >= 4 is 29.0 Å². The quantitative estimate of drug-likeness (QED) is 0.784. The van der Waals surface area contributed by atoms with Crippen LogP contribution in [0.1, 0.15) is 29.4 Å². The van der Waals surface area contributed by atoms with Gasteiger partial charge < -0.3 is 4.90 Å². The number of carbonyl (C=O) groups excluding carboxylic acids is 1. The van der Waals surface area contributed by atoms with Crippen LogP contribution in [0.2, 0.25) is 0 Å². The molecule has 1 atom stereocenters. The number of thiophene rings is 1. The number of amides is 1. The highest BCUT2D eigenvalue weighted by molar-refractivity contribution is 7.99. The highest BCUT2D eigenvalue weighted by Crippen LogP contribution is 2.36. The molecule has 0 spiro atoms. The molecule has 0 radical (unpaired) electrons. The second-order valence-electron chi connectivity index (χ2n) is 4.37. The van der Waals surface area contributed by atoms with E-state index in [1.807, 2.05) is 34.1 Å². The van der Waals surface area contributed by atoms with Crippen LogP contribution in [0.4, 0.5) is 0 Å². The van der Waals surface area contributed by atoms with Gasteiger partial charge in [0.05, 0.1) is 0 Å². The summed E-state index contributed by atoms with van der Waals surface area (Å²) in [6, 6.07) is 4.32. The first-order valence-corrected chi connectivity index (χ1v) is 8.28. The van der Waals surface area contributed by atoms with Crippen LogP contribution in [-0.4, -0.2) is 29.6 Å². The van der Waals surface area contributed by atoms with Gasteiger partial charge in [-0.25, -0.2) is 0 Å². The van der Waals surface area contributed by atoms with Crippen LogP contribution >= 0.6 is 23.1 Å². The maximum absolute atomic E-state index is 12.0. The molecule has 1 aliphatic heterocycles. The number of thioether (sulfide) groups is 1. The van der Waals surface area contributed by atoms with Gasteiger partial charge in [0, 0.05) is 35.4 Å². The number of allylic oxidation sites excluding steroid dienone is 1. The summed E-state index contributed by atoms with van der Waals surface area (Å²) in [5, 5.41) is 2.70. The van der Waals surface area contributed by atoms with E-state index in [1.54, 1.807) is 0 Å². The van der Waals surface area contributed by atoms with Crippen molar-refractivity contribution < 1.29 is 4.79 Å². The monoisotopic (exact) mass is 281 g/mol. The molecule has 1 unspecified atom stereocenters. The van der Waals surface area contributed by atoms with E-state index in [0.29, 0.717) is 11.7 Å². The molecule has 18 heavy (non-hydrogen) atoms. The van der Waals surface area contributed by atoms with Gasteiger partial charge in [0.15, 0.2) is 0 Å². The van der Waals surface area contributed by atoms with Gasteiger partial charge in [-0.2, -0.15) is 11.8 Å². The van der Waals surface area contributed by atoms with E-state index in [9.17, 15) is 4.79 Å². The fourth-order valence-electron chi connectivity index (χ4n) is 2.11. The summed E-state index contributed by atoms with van der Waals surface area (Å²) in [7, 11) is 0. The fraction of sp³-hybridized carbons (Fsp3) is 0.500. The molecule has 98 valence electrons. The van der Waals surface area contributed by atoms with Crippen LogP contribution in [0.5, 0.6) is 0 Å². The molecule has 4 heteroatoms. The summed E-state index contributed by atoms with van der Waals surface area (Å²) in [5.41, 5.74) is 0. The minimum Gasteiger partial charge on any atom is -0.342 e. The summed E-state index contributed by atoms with van der Waals surface area (Å²) in [6.45, 7) is 5.45. The van der Waals surface area contributed by atoms with E-state index in [1.165, 1.54) is 4.88 Å². The Labute approximate surface area is 117 Å². The Morgan fingerprint density at radius 1 is 1.56 bits per heavy atom. The topological polar surface area (TPSA) is 20.3 Å². The van der Waals surface area contributed by atoms with Gasteiger partial charge >= 0.3 is 0 Å². The van der Waals surface area contributed by atoms with Crippen molar-refractivity contribution in [1.82, 2.24) is 4.90 Å². The third kappa shape index (κ3) is 3.62. The second-order valence-corrected chi connectivity index (χ2v) is 6.66. The van der Waals surface area contributed by atoms with Crippen molar-refractivity contribution in [3.63, 3.8) is 0 Å². The Hall–Kier alpha value is -0.740. The molecule has 2 nitrogen and oxygen atoms in total. The molecule has 1 aliphatic rings. The molecule has 1 aromatic heterocycles. The molecule has 0 aliphatic carbocycles. The summed E-state index contributed by atoms with van der Waals surface area (Å²) in [5.74, 6) is 1.32. The van der Waals surface area contributed by atoms with Crippen molar-refractivity contribution in [3.05, 3.63) is 35.0 Å². The molecule has 0 N–H and O–H groups in total. The van der Waals surface area contributed by atoms with Crippen molar-refractivity contribution in [2.45, 2.75) is 24.5 Å². The molecule has 1 fully saturated rings. The third-order valence-corrected chi connectivity index (χ3v) is 5.56. The number of carbonyl (C=O) groups is 1. The van der Waals surface area contributed by atoms with Gasteiger partial charge in [0.2, 0.25) is 5.91 Å². The fourth-order valence-corrected chi connectivity index (χ4v) is 4.34. The van der Waals surface area contributed by atoms with Crippen molar-refractivity contribution in [3.8, 4) is 0 Å². The van der Waals surface area contributed by atoms with E-state index in [4.69, 9.17) is 0 Å². The first kappa shape index (κ1) is 13.7. The third-order valence-electron chi connectivity index (χ3n) is 3.12. The van der Waals surface area contributed by atoms with Crippen LogP contribution in [0.3, 0.4) is 0 Å². The molecule has 0 bridgehead atoms. The Bertz CT molecular complexity index is 389. The highest BCUT2D eigenvalue weighted by Gasteiger charge is 2.21. The Morgan fingerprint density at radius 3 is 3.17 bits per heavy atom. The molecule has 0 saturated carbocycles. The minimum absolute atomic E-state index is 0.280. The van der Waals surface area contributed by atoms with E-state index >= 15 is 0 Å². The molecule has 1 aromatic rings. The van der Waals surface area contributed by atoms with Gasteiger partial charge in [-0.15, -0.1) is 17.9 Å². The Morgan fingerprint density at radius 2 is 2.44 bits per heavy atom. The van der Waals surface area contributed by atoms with Crippen molar-refractivity contribution in [1.29, 1.82) is 0 Å². The minimum atomic E-state index is 0.280. The molecule has 1 saturated heterocycles. The van der Waals surface area contributed by atoms with Gasteiger partial charge in [-0.1, -0.05) is 12.1 Å². The molecule has 2 heterocycles. The smallest absolute Gasteiger partial charge is 0.222 e. The first-order chi connectivity index (χ1) is 8.81. The summed E-state index contributed by atoms with van der Waals surface area (Å²) < 4.78 is 0. The van der Waals surface area contributed by atoms with E-state index < -0.39 is 0 Å². The van der Waals surface area contributed by atoms with Crippen molar-refractivity contribution in [2.75, 3.05) is 18.8 Å². The van der Waals surface area contributed by atoms with Crippen LogP contribution in [0.15, 0.2) is 30.2 Å². The maximum atomic E-state index is 12.0. The Balaban J connectivity index is 1.88. The number of hydrogen-bond donors (Lipinski definition) is 0. The van der Waals surface area contributed by atoms with Gasteiger partial charge in [-0.05, 0) is 24.3 Å². The van der Waals surface area contributed by atoms with Gasteiger partial charge in [-0.3, -0.25) is 4.79 Å². The normalized spacial score (nSPS) is 20.4. The zero-order valence-corrected chi connectivity index (χ0v) is 12.1. The molecular formula is C14H19NOS2. The SMILES string of the molecule is C=CCCC(=O)N1CCSC(c2cccs2)CC1. The lowest BCUT2D eigenvalue weighted by molar-refractivity contribution is -0.130. The lowest BCUT2D eigenvalue weighted by atomic mass is 10.2. The highest BCUT2D eigenvalue weighted by atomic mass is 32.2. The second kappa shape index (κ2) is 7.00. The lowest BCUT2D eigenvalue weighted by Crippen LogP contribution is -2.32. The molecule has 0 aromatic carbocycles. The van der Waals surface area contributed by atoms with E-state index in [2.05, 4.69) is 24.1 Å². The maximum Gasteiger partial charge on any atom is 0.222 e. The molecule has 2 rings (SSSR count). The average Bonchev–Trinajstić information content (AvgIpc) is 2.80. The zero-order valence-electron chi connectivity index (χ0n) is 10.5. The predicted octanol–water partition coefficient (Wildman–Crippen LogP) is 3.72. The lowest BCUT2D eigenvalue weighted by Gasteiger charge is -2.19. The summed E-state index contributed by atoms with van der Waals surface area (Å²) in [4.78, 5) is 15.4. The number of rotatable bonds is 4. The zero-order chi connectivity index (χ0) is 12.8. The van der Waals surface area contributed by atoms with Crippen molar-refractivity contribution in [2.24, 2.45) is 0 Å². The standard InChI is InChI=1S/C14H19NOS2/c1-2-3-6-14(16)15-8-7-13(18-11-9-15)12-5-4-10-17-12/h2,4-5,10,13H,1,3,6-9,11H2. The van der Waals surface area contributed by atoms with E-state index in [0.717, 1.165) is 31.7 Å². The Kier molecular flexibility index (Phi) is 5.32. The van der Waals surface area contributed by atoms with Gasteiger partial charge in [0.25, 0.3) is 0 Å². The van der Waals surface area contributed by atoms with Crippen LogP contribution in [0, 0.1) is 0 Å². The van der Waals surface area contributed by atoms with Crippen LogP contribution in [0.25, 0.3) is 0 Å². The summed E-state index contributed by atoms with van der Waals surface area (Å²) in [6.07, 6.45) is 4.29. The largest absolute Gasteiger partial charge is 0.342 e. The number of hydrogen-bond acceptors (Lipinski definition) is 3. The van der Waals surface area contributed by atoms with E-state index in [-0.39, 0.29) is 5.91 Å².